The Labute approximate surface area is 209 Å². The van der Waals surface area contributed by atoms with Crippen molar-refractivity contribution in [2.45, 2.75) is 26.2 Å². The molecule has 3 rings (SSSR count). The number of allylic oxidation sites excluding steroid dienone is 2. The van der Waals surface area contributed by atoms with Crippen molar-refractivity contribution >= 4 is 15.6 Å². The summed E-state index contributed by atoms with van der Waals surface area (Å²) in [4.78, 5) is 0. The van der Waals surface area contributed by atoms with Crippen molar-refractivity contribution in [1.29, 1.82) is 0 Å². The molecule has 1 aromatic carbocycles. The molecule has 0 N–H and O–H groups in total. The van der Waals surface area contributed by atoms with Crippen molar-refractivity contribution in [3.8, 4) is 0 Å². The van der Waals surface area contributed by atoms with E-state index in [1.165, 1.54) is 11.1 Å². The van der Waals surface area contributed by atoms with Crippen LogP contribution in [0, 0.1) is 0 Å². The van der Waals surface area contributed by atoms with Crippen LogP contribution in [-0.2, 0) is 26.2 Å². The van der Waals surface area contributed by atoms with E-state index in [1.807, 2.05) is 12.2 Å². The van der Waals surface area contributed by atoms with E-state index < -0.39 is 15.6 Å². The van der Waals surface area contributed by atoms with Gasteiger partial charge in [0.1, 0.15) is 51.0 Å². The quantitative estimate of drug-likeness (QED) is 0.105. The maximum atomic E-state index is 9.87. The summed E-state index contributed by atoms with van der Waals surface area (Å²) in [5.74, 6) is 0. The van der Waals surface area contributed by atoms with Gasteiger partial charge in [0.15, 0.2) is 0 Å². The van der Waals surface area contributed by atoms with Crippen molar-refractivity contribution in [2.75, 3.05) is 0 Å². The van der Waals surface area contributed by atoms with Crippen LogP contribution in [0.25, 0.3) is 0 Å². The second kappa shape index (κ2) is 10.0. The standard InChI is InChI=1S/C20H24N4.2F6P/c1-3-9-21-11-13-23(17-21)15-19-7-5-6-8-20(19)16-24-14-12-22(18-24)10-4-2;2*1-7(2,3,4,5)6/h3-8,11-14,17-18H,1-2,9-10,15-16H2;;/q+2;2*-1. The zero-order valence-electron chi connectivity index (χ0n) is 19.4. The molecule has 38 heavy (non-hydrogen) atoms. The third-order valence-corrected chi connectivity index (χ3v) is 4.00. The molecule has 0 saturated heterocycles. The van der Waals surface area contributed by atoms with Crippen LogP contribution in [-0.4, -0.2) is 9.13 Å². The van der Waals surface area contributed by atoms with Crippen molar-refractivity contribution < 1.29 is 59.5 Å². The van der Waals surface area contributed by atoms with Crippen molar-refractivity contribution in [2.24, 2.45) is 0 Å². The van der Waals surface area contributed by atoms with Gasteiger partial charge >= 0.3 is 66.0 Å². The topological polar surface area (TPSA) is 17.6 Å². The van der Waals surface area contributed by atoms with Crippen LogP contribution in [0.1, 0.15) is 11.1 Å². The molecule has 0 radical (unpaired) electrons. The van der Waals surface area contributed by atoms with Gasteiger partial charge in [0, 0.05) is 11.1 Å². The van der Waals surface area contributed by atoms with Crippen molar-refractivity contribution in [1.82, 2.24) is 9.13 Å². The first-order valence-corrected chi connectivity index (χ1v) is 14.2. The van der Waals surface area contributed by atoms with E-state index in [-0.39, 0.29) is 0 Å². The first-order chi connectivity index (χ1) is 16.7. The molecule has 2 aromatic heterocycles. The monoisotopic (exact) mass is 610 g/mol. The summed E-state index contributed by atoms with van der Waals surface area (Å²) in [6, 6.07) is 8.62. The van der Waals surface area contributed by atoms with Crippen LogP contribution in [0.5, 0.6) is 0 Å². The second-order valence-corrected chi connectivity index (χ2v) is 11.7. The number of aromatic nitrogens is 4. The van der Waals surface area contributed by atoms with Gasteiger partial charge in [0.05, 0.1) is 0 Å². The number of hydrogen-bond acceptors (Lipinski definition) is 0. The summed E-state index contributed by atoms with van der Waals surface area (Å²) in [5, 5.41) is 0. The molecule has 0 saturated carbocycles. The van der Waals surface area contributed by atoms with E-state index in [4.69, 9.17) is 0 Å². The molecule has 0 spiro atoms. The van der Waals surface area contributed by atoms with Crippen LogP contribution in [0.4, 0.5) is 50.4 Å². The molecule has 0 aliphatic carbocycles. The number of hydrogen-bond donors (Lipinski definition) is 0. The number of halogens is 12. The molecule has 4 nitrogen and oxygen atoms in total. The van der Waals surface area contributed by atoms with E-state index in [0.29, 0.717) is 0 Å². The fraction of sp³-hybridized carbons (Fsp3) is 0.200. The second-order valence-electron chi connectivity index (χ2n) is 7.83. The van der Waals surface area contributed by atoms with Crippen LogP contribution in [0.3, 0.4) is 0 Å². The minimum absolute atomic E-state index is 0.835. The predicted molar refractivity (Wildman–Crippen MR) is 121 cm³/mol. The van der Waals surface area contributed by atoms with Crippen LogP contribution in [0.15, 0.2) is 87.0 Å². The molecular weight excluding hydrogens is 586 g/mol. The Morgan fingerprint density at radius 3 is 1.16 bits per heavy atom. The van der Waals surface area contributed by atoms with Gasteiger partial charge in [-0.3, -0.25) is 0 Å². The molecule has 0 fully saturated rings. The molecule has 2 heterocycles. The molecule has 0 atom stereocenters. The minimum atomic E-state index is -10.7. The zero-order chi connectivity index (χ0) is 29.6. The molecule has 218 valence electrons. The third-order valence-electron chi connectivity index (χ3n) is 4.00. The molecule has 0 aliphatic rings. The zero-order valence-corrected chi connectivity index (χ0v) is 21.2. The van der Waals surface area contributed by atoms with Crippen molar-refractivity contribution in [3.05, 3.63) is 98.1 Å². The van der Waals surface area contributed by atoms with Gasteiger partial charge in [0.25, 0.3) is 0 Å². The van der Waals surface area contributed by atoms with Crippen LogP contribution >= 0.6 is 15.6 Å². The normalized spacial score (nSPS) is 15.3. The van der Waals surface area contributed by atoms with E-state index in [2.05, 4.69) is 93.1 Å². The molecule has 3 aromatic rings. The Hall–Kier alpha value is -2.86. The summed E-state index contributed by atoms with van der Waals surface area (Å²) in [6.45, 7) is 11.0. The Morgan fingerprint density at radius 1 is 0.605 bits per heavy atom. The molecule has 18 heteroatoms. The van der Waals surface area contributed by atoms with Gasteiger partial charge in [-0.15, -0.1) is 0 Å². The fourth-order valence-electron chi connectivity index (χ4n) is 2.84. The average molecular weight is 610 g/mol. The number of imidazole rings is 2. The van der Waals surface area contributed by atoms with Crippen LogP contribution in [0.2, 0.25) is 0 Å². The molecule has 0 unspecified atom stereocenters. The molecule has 0 aliphatic heterocycles. The van der Waals surface area contributed by atoms with E-state index in [1.54, 1.807) is 0 Å². The Morgan fingerprint density at radius 2 is 0.895 bits per heavy atom. The number of nitrogens with zero attached hydrogens (tertiary/aromatic N) is 4. The molecular formula is C20H24F12N4P2. The van der Waals surface area contributed by atoms with Gasteiger partial charge in [-0.25, -0.2) is 18.3 Å². The summed E-state index contributed by atoms with van der Waals surface area (Å²) in [6.07, 6.45) is 16.4. The van der Waals surface area contributed by atoms with E-state index >= 15 is 0 Å². The van der Waals surface area contributed by atoms with Gasteiger partial charge in [-0.1, -0.05) is 49.6 Å². The van der Waals surface area contributed by atoms with Gasteiger partial charge in [0.2, 0.25) is 12.7 Å². The van der Waals surface area contributed by atoms with E-state index in [9.17, 15) is 50.4 Å². The number of rotatable bonds is 8. The summed E-state index contributed by atoms with van der Waals surface area (Å²) in [7, 11) is -21.3. The fourth-order valence-corrected chi connectivity index (χ4v) is 2.84. The molecule has 0 amide bonds. The van der Waals surface area contributed by atoms with Gasteiger partial charge in [-0.2, -0.15) is 0 Å². The van der Waals surface area contributed by atoms with E-state index in [0.717, 1.165) is 26.2 Å². The maximum absolute atomic E-state index is 10.7. The Bertz CT molecular complexity index is 1120. The number of benzene rings is 1. The first kappa shape index (κ1) is 33.2. The Balaban J connectivity index is 0.000000426. The molecule has 0 bridgehead atoms. The third kappa shape index (κ3) is 21.2. The summed E-state index contributed by atoms with van der Waals surface area (Å²) in [5.41, 5.74) is 2.67. The predicted octanol–water partition coefficient (Wildman–Crippen LogP) is 9.10. The summed E-state index contributed by atoms with van der Waals surface area (Å²) < 4.78 is 127. The van der Waals surface area contributed by atoms with Gasteiger partial charge in [-0.05, 0) is 0 Å². The Kier molecular flexibility index (Phi) is 8.76. The van der Waals surface area contributed by atoms with Crippen molar-refractivity contribution in [3.63, 3.8) is 0 Å². The first-order valence-electron chi connectivity index (χ1n) is 10.2. The van der Waals surface area contributed by atoms with Crippen LogP contribution < -0.4 is 9.13 Å². The SMILES string of the molecule is C=CCn1cc[n+](Cc2ccccc2C[n+]2ccn(CC=C)c2)c1.F[P-](F)(F)(F)(F)F.F[P-](F)(F)(F)(F)F. The summed E-state index contributed by atoms with van der Waals surface area (Å²) >= 11 is 0. The van der Waals surface area contributed by atoms with Gasteiger partial charge < -0.3 is 0 Å². The average Bonchev–Trinajstić information content (AvgIpc) is 3.28.